The molecule has 0 aliphatic carbocycles. The predicted molar refractivity (Wildman–Crippen MR) is 97.2 cm³/mol. The standard InChI is InChI=1S/C18H20N2O6S/c1-12-5-3-6-13(11-12)19(2)17(21)14-7-4-10-20(14)27(24,25)16-9-8-15(26-16)18(22)23/h3,5-6,8-9,11,14H,4,7,10H2,1-2H3,(H,22,23). The molecule has 3 rings (SSSR count). The summed E-state index contributed by atoms with van der Waals surface area (Å²) in [6.45, 7) is 2.08. The number of amides is 1. The summed E-state index contributed by atoms with van der Waals surface area (Å²) >= 11 is 0. The highest BCUT2D eigenvalue weighted by Gasteiger charge is 2.42. The molecule has 1 aromatic heterocycles. The van der Waals surface area contributed by atoms with Crippen molar-refractivity contribution >= 4 is 27.6 Å². The van der Waals surface area contributed by atoms with Gasteiger partial charge in [-0.1, -0.05) is 12.1 Å². The van der Waals surface area contributed by atoms with E-state index in [1.165, 1.54) is 4.90 Å². The molecule has 0 bridgehead atoms. The molecule has 27 heavy (non-hydrogen) atoms. The molecular formula is C18H20N2O6S. The summed E-state index contributed by atoms with van der Waals surface area (Å²) in [5.74, 6) is -2.16. The zero-order valence-electron chi connectivity index (χ0n) is 15.0. The SMILES string of the molecule is Cc1cccc(N(C)C(=O)C2CCCN2S(=O)(=O)c2ccc(C(=O)O)o2)c1. The highest BCUT2D eigenvalue weighted by molar-refractivity contribution is 7.89. The number of aryl methyl sites for hydroxylation is 1. The predicted octanol–water partition coefficient (Wildman–Crippen LogP) is 2.10. The summed E-state index contributed by atoms with van der Waals surface area (Å²) in [6.07, 6.45) is 0.921. The van der Waals surface area contributed by atoms with Gasteiger partial charge in [0.2, 0.25) is 16.8 Å². The van der Waals surface area contributed by atoms with Crippen molar-refractivity contribution < 1.29 is 27.5 Å². The van der Waals surface area contributed by atoms with Gasteiger partial charge in [-0.3, -0.25) is 4.79 Å². The Bertz CT molecular complexity index is 981. The Hall–Kier alpha value is -2.65. The van der Waals surface area contributed by atoms with Gasteiger partial charge in [-0.25, -0.2) is 13.2 Å². The molecular weight excluding hydrogens is 372 g/mol. The number of furan rings is 1. The van der Waals surface area contributed by atoms with Gasteiger partial charge < -0.3 is 14.4 Å². The molecule has 1 atom stereocenters. The monoisotopic (exact) mass is 392 g/mol. The highest BCUT2D eigenvalue weighted by Crippen LogP contribution is 2.29. The van der Waals surface area contributed by atoms with Gasteiger partial charge in [-0.05, 0) is 49.6 Å². The van der Waals surface area contributed by atoms with Crippen LogP contribution in [0.25, 0.3) is 0 Å². The van der Waals surface area contributed by atoms with Gasteiger partial charge in [0.1, 0.15) is 6.04 Å². The maximum atomic E-state index is 13.0. The third-order valence-electron chi connectivity index (χ3n) is 4.56. The first kappa shape index (κ1) is 19.1. The average Bonchev–Trinajstić information content (AvgIpc) is 3.30. The van der Waals surface area contributed by atoms with Crippen molar-refractivity contribution in [3.05, 3.63) is 47.7 Å². The molecule has 1 fully saturated rings. The minimum atomic E-state index is -4.11. The van der Waals surface area contributed by atoms with Gasteiger partial charge in [0, 0.05) is 19.3 Å². The molecule has 0 radical (unpaired) electrons. The van der Waals surface area contributed by atoms with Crippen molar-refractivity contribution in [3.63, 3.8) is 0 Å². The van der Waals surface area contributed by atoms with Crippen molar-refractivity contribution in [1.82, 2.24) is 4.31 Å². The summed E-state index contributed by atoms with van der Waals surface area (Å²) in [7, 11) is -2.51. The topological polar surface area (TPSA) is 108 Å². The van der Waals surface area contributed by atoms with Gasteiger partial charge in [0.15, 0.2) is 0 Å². The van der Waals surface area contributed by atoms with Crippen LogP contribution in [0.4, 0.5) is 5.69 Å². The number of sulfonamides is 1. The van der Waals surface area contributed by atoms with Crippen LogP contribution in [0.15, 0.2) is 45.9 Å². The van der Waals surface area contributed by atoms with E-state index in [9.17, 15) is 18.0 Å². The Morgan fingerprint density at radius 3 is 2.63 bits per heavy atom. The molecule has 1 aromatic carbocycles. The van der Waals surface area contributed by atoms with E-state index in [0.717, 1.165) is 22.0 Å². The molecule has 2 aromatic rings. The first-order valence-electron chi connectivity index (χ1n) is 8.41. The number of benzene rings is 1. The zero-order valence-corrected chi connectivity index (χ0v) is 15.8. The van der Waals surface area contributed by atoms with Gasteiger partial charge >= 0.3 is 5.97 Å². The second kappa shape index (κ2) is 7.16. The first-order valence-corrected chi connectivity index (χ1v) is 9.85. The lowest BCUT2D eigenvalue weighted by Gasteiger charge is -2.27. The van der Waals surface area contributed by atoms with Crippen LogP contribution in [0.3, 0.4) is 0 Å². The fraction of sp³-hybridized carbons (Fsp3) is 0.333. The van der Waals surface area contributed by atoms with Crippen LogP contribution in [0.1, 0.15) is 29.0 Å². The number of carboxylic acid groups (broad SMARTS) is 1. The van der Waals surface area contributed by atoms with Crippen LogP contribution in [0, 0.1) is 6.92 Å². The fourth-order valence-corrected chi connectivity index (χ4v) is 4.72. The summed E-state index contributed by atoms with van der Waals surface area (Å²) in [5.41, 5.74) is 1.66. The van der Waals surface area contributed by atoms with E-state index in [-0.39, 0.29) is 12.5 Å². The number of carboxylic acids is 1. The molecule has 9 heteroatoms. The smallest absolute Gasteiger partial charge is 0.371 e. The molecule has 2 heterocycles. The molecule has 1 amide bonds. The van der Waals surface area contributed by atoms with Gasteiger partial charge in [-0.15, -0.1) is 0 Å². The maximum absolute atomic E-state index is 13.0. The van der Waals surface area contributed by atoms with Crippen molar-refractivity contribution in [2.75, 3.05) is 18.5 Å². The molecule has 0 spiro atoms. The number of hydrogen-bond acceptors (Lipinski definition) is 5. The van der Waals surface area contributed by atoms with Crippen molar-refractivity contribution in [2.24, 2.45) is 0 Å². The summed E-state index contributed by atoms with van der Waals surface area (Å²) in [4.78, 5) is 25.3. The van der Waals surface area contributed by atoms with E-state index < -0.39 is 32.9 Å². The normalized spacial score (nSPS) is 17.8. The molecule has 1 aliphatic heterocycles. The van der Waals surface area contributed by atoms with E-state index in [1.54, 1.807) is 13.1 Å². The molecule has 8 nitrogen and oxygen atoms in total. The lowest BCUT2D eigenvalue weighted by molar-refractivity contribution is -0.121. The third kappa shape index (κ3) is 3.60. The number of carbonyl (C=O) groups excluding carboxylic acids is 1. The molecule has 1 saturated heterocycles. The fourth-order valence-electron chi connectivity index (χ4n) is 3.15. The second-order valence-corrected chi connectivity index (χ2v) is 8.26. The summed E-state index contributed by atoms with van der Waals surface area (Å²) in [6, 6.07) is 8.68. The highest BCUT2D eigenvalue weighted by atomic mass is 32.2. The minimum absolute atomic E-state index is 0.170. The van der Waals surface area contributed by atoms with Crippen LogP contribution in [-0.2, 0) is 14.8 Å². The van der Waals surface area contributed by atoms with Crippen molar-refractivity contribution in [3.8, 4) is 0 Å². The van der Waals surface area contributed by atoms with Crippen LogP contribution < -0.4 is 4.90 Å². The van der Waals surface area contributed by atoms with Gasteiger partial charge in [0.25, 0.3) is 10.0 Å². The largest absolute Gasteiger partial charge is 0.475 e. The summed E-state index contributed by atoms with van der Waals surface area (Å²) < 4.78 is 31.8. The lowest BCUT2D eigenvalue weighted by atomic mass is 10.1. The minimum Gasteiger partial charge on any atom is -0.475 e. The number of carbonyl (C=O) groups is 2. The Labute approximate surface area is 157 Å². The zero-order chi connectivity index (χ0) is 19.8. The molecule has 1 aliphatic rings. The van der Waals surface area contributed by atoms with E-state index in [4.69, 9.17) is 9.52 Å². The molecule has 1 unspecified atom stereocenters. The van der Waals surface area contributed by atoms with E-state index in [0.29, 0.717) is 18.5 Å². The van der Waals surface area contributed by atoms with Crippen molar-refractivity contribution in [1.29, 1.82) is 0 Å². The van der Waals surface area contributed by atoms with Gasteiger partial charge in [0.05, 0.1) is 0 Å². The third-order valence-corrected chi connectivity index (χ3v) is 6.35. The Kier molecular flexibility index (Phi) is 5.07. The number of hydrogen-bond donors (Lipinski definition) is 1. The number of likely N-dealkylation sites (N-methyl/N-ethyl adjacent to an activating group) is 1. The second-order valence-electron chi connectivity index (χ2n) is 6.43. The maximum Gasteiger partial charge on any atom is 0.371 e. The molecule has 0 saturated carbocycles. The Balaban J connectivity index is 1.87. The average molecular weight is 392 g/mol. The lowest BCUT2D eigenvalue weighted by Crippen LogP contribution is -2.46. The van der Waals surface area contributed by atoms with E-state index in [2.05, 4.69) is 0 Å². The quantitative estimate of drug-likeness (QED) is 0.835. The van der Waals surface area contributed by atoms with E-state index in [1.807, 2.05) is 25.1 Å². The molecule has 144 valence electrons. The first-order chi connectivity index (χ1) is 12.7. The van der Waals surface area contributed by atoms with Crippen LogP contribution in [0.5, 0.6) is 0 Å². The van der Waals surface area contributed by atoms with E-state index >= 15 is 0 Å². The molecule has 1 N–H and O–H groups in total. The number of rotatable bonds is 5. The summed E-state index contributed by atoms with van der Waals surface area (Å²) in [5, 5.41) is 8.45. The van der Waals surface area contributed by atoms with Crippen molar-refractivity contribution in [2.45, 2.75) is 30.9 Å². The number of anilines is 1. The van der Waals surface area contributed by atoms with Gasteiger partial charge in [-0.2, -0.15) is 4.31 Å². The Morgan fingerprint density at radius 1 is 1.26 bits per heavy atom. The Morgan fingerprint density at radius 2 is 2.00 bits per heavy atom. The van der Waals surface area contributed by atoms with Crippen LogP contribution in [0.2, 0.25) is 0 Å². The number of nitrogens with zero attached hydrogens (tertiary/aromatic N) is 2. The van der Waals surface area contributed by atoms with Crippen LogP contribution in [-0.4, -0.2) is 49.3 Å². The van der Waals surface area contributed by atoms with Crippen LogP contribution >= 0.6 is 0 Å². The number of aromatic carboxylic acids is 1.